The Morgan fingerprint density at radius 2 is 1.66 bits per heavy atom. The number of hydrogen-bond donors (Lipinski definition) is 0. The van der Waals surface area contributed by atoms with Crippen LogP contribution in [0, 0.1) is 5.92 Å². The molecule has 29 heavy (non-hydrogen) atoms. The van der Waals surface area contributed by atoms with Crippen LogP contribution < -0.4 is 0 Å². The zero-order valence-electron chi connectivity index (χ0n) is 19.2. The molecule has 2 atom stereocenters. The maximum absolute atomic E-state index is 6.18. The first-order valence-corrected chi connectivity index (χ1v) is 12.1. The lowest BCUT2D eigenvalue weighted by atomic mass is 9.95. The van der Waals surface area contributed by atoms with Crippen molar-refractivity contribution in [2.75, 3.05) is 79.8 Å². The highest BCUT2D eigenvalue weighted by Gasteiger charge is 2.36. The van der Waals surface area contributed by atoms with Crippen molar-refractivity contribution < 1.29 is 14.2 Å². The van der Waals surface area contributed by atoms with Gasteiger partial charge in [-0.15, -0.1) is 0 Å². The van der Waals surface area contributed by atoms with Gasteiger partial charge >= 0.3 is 0 Å². The number of ether oxygens (including phenoxy) is 3. The van der Waals surface area contributed by atoms with Crippen molar-refractivity contribution in [2.45, 2.75) is 63.7 Å². The molecule has 0 bridgehead atoms. The lowest BCUT2D eigenvalue weighted by molar-refractivity contribution is -0.0977. The summed E-state index contributed by atoms with van der Waals surface area (Å²) in [4.78, 5) is 7.30. The van der Waals surface area contributed by atoms with Crippen LogP contribution in [0.15, 0.2) is 0 Å². The molecule has 3 aliphatic rings. The number of likely N-dealkylation sites (tertiary alicyclic amines) is 3. The number of rotatable bonds is 16. The predicted molar refractivity (Wildman–Crippen MR) is 118 cm³/mol. The van der Waals surface area contributed by atoms with E-state index in [1.807, 2.05) is 0 Å². The summed E-state index contributed by atoms with van der Waals surface area (Å²) in [6.45, 7) is 12.8. The zero-order valence-corrected chi connectivity index (χ0v) is 19.2. The molecule has 0 N–H and O–H groups in total. The fraction of sp³-hybridized carbons (Fsp3) is 1.00. The van der Waals surface area contributed by atoms with Crippen molar-refractivity contribution in [3.05, 3.63) is 0 Å². The maximum Gasteiger partial charge on any atom is 0.0856 e. The van der Waals surface area contributed by atoms with E-state index in [0.717, 1.165) is 64.8 Å². The molecule has 0 aromatic heterocycles. The molecule has 0 saturated carbocycles. The Labute approximate surface area is 178 Å². The molecule has 0 radical (unpaired) electrons. The highest BCUT2D eigenvalue weighted by Crippen LogP contribution is 2.24. The molecule has 2 unspecified atom stereocenters. The Morgan fingerprint density at radius 3 is 2.38 bits per heavy atom. The lowest BCUT2D eigenvalue weighted by Gasteiger charge is -2.45. The topological polar surface area (TPSA) is 37.4 Å². The summed E-state index contributed by atoms with van der Waals surface area (Å²) in [6.07, 6.45) is 8.15. The average molecular weight is 412 g/mol. The van der Waals surface area contributed by atoms with Gasteiger partial charge in [0.25, 0.3) is 0 Å². The molecule has 170 valence electrons. The minimum Gasteiger partial charge on any atom is -0.381 e. The van der Waals surface area contributed by atoms with Gasteiger partial charge in [0.15, 0.2) is 0 Å². The van der Waals surface area contributed by atoms with Gasteiger partial charge in [-0.1, -0.05) is 6.92 Å². The molecule has 3 fully saturated rings. The van der Waals surface area contributed by atoms with Crippen molar-refractivity contribution in [3.8, 4) is 0 Å². The third kappa shape index (κ3) is 7.75. The number of nitrogens with zero attached hydrogens (tertiary/aromatic N) is 3. The van der Waals surface area contributed by atoms with E-state index in [-0.39, 0.29) is 0 Å². The first-order chi connectivity index (χ1) is 14.2. The van der Waals surface area contributed by atoms with Gasteiger partial charge in [-0.3, -0.25) is 9.80 Å². The van der Waals surface area contributed by atoms with Crippen LogP contribution in [0.1, 0.15) is 45.4 Å². The Bertz CT molecular complexity index is 441. The van der Waals surface area contributed by atoms with E-state index < -0.39 is 0 Å². The second-order valence-corrected chi connectivity index (χ2v) is 9.53. The van der Waals surface area contributed by atoms with Crippen molar-refractivity contribution in [2.24, 2.45) is 5.92 Å². The fourth-order valence-corrected chi connectivity index (χ4v) is 4.78. The Morgan fingerprint density at radius 1 is 0.828 bits per heavy atom. The SMILES string of the molecule is CCCOC1CN(CCCCCOC2CN(C)C2CCCOCC2CN(C)C2)C1. The summed E-state index contributed by atoms with van der Waals surface area (Å²) in [6, 6.07) is 0.592. The molecule has 0 aromatic rings. The van der Waals surface area contributed by atoms with E-state index in [9.17, 15) is 0 Å². The van der Waals surface area contributed by atoms with Crippen LogP contribution >= 0.6 is 0 Å². The van der Waals surface area contributed by atoms with Gasteiger partial charge in [-0.25, -0.2) is 0 Å². The molecule has 0 aliphatic carbocycles. The van der Waals surface area contributed by atoms with Crippen LogP contribution in [0.2, 0.25) is 0 Å². The lowest BCUT2D eigenvalue weighted by Crippen LogP contribution is -2.59. The van der Waals surface area contributed by atoms with Crippen molar-refractivity contribution >= 4 is 0 Å². The molecule has 0 amide bonds. The van der Waals surface area contributed by atoms with Gasteiger partial charge in [-0.2, -0.15) is 0 Å². The summed E-state index contributed by atoms with van der Waals surface area (Å²) in [5.74, 6) is 0.763. The van der Waals surface area contributed by atoms with Crippen molar-refractivity contribution in [1.82, 2.24) is 14.7 Å². The summed E-state index contributed by atoms with van der Waals surface area (Å²) in [5, 5.41) is 0. The zero-order chi connectivity index (χ0) is 20.5. The molecular formula is C23H45N3O3. The average Bonchev–Trinajstić information content (AvgIpc) is 2.65. The first-order valence-electron chi connectivity index (χ1n) is 12.1. The fourth-order valence-electron chi connectivity index (χ4n) is 4.78. The molecule has 3 rings (SSSR count). The van der Waals surface area contributed by atoms with Crippen LogP contribution in [0.3, 0.4) is 0 Å². The molecule has 0 spiro atoms. The second kappa shape index (κ2) is 12.6. The summed E-state index contributed by atoms with van der Waals surface area (Å²) in [5.41, 5.74) is 0. The predicted octanol–water partition coefficient (Wildman–Crippen LogP) is 2.33. The number of unbranched alkanes of at least 4 members (excludes halogenated alkanes) is 2. The monoisotopic (exact) mass is 411 g/mol. The van der Waals surface area contributed by atoms with Gasteiger partial charge in [0.2, 0.25) is 0 Å². The molecular weight excluding hydrogens is 366 g/mol. The van der Waals surface area contributed by atoms with Crippen LogP contribution in [0.25, 0.3) is 0 Å². The van der Waals surface area contributed by atoms with E-state index in [0.29, 0.717) is 18.2 Å². The van der Waals surface area contributed by atoms with Crippen LogP contribution in [-0.2, 0) is 14.2 Å². The smallest absolute Gasteiger partial charge is 0.0856 e. The van der Waals surface area contributed by atoms with Gasteiger partial charge in [0.05, 0.1) is 18.8 Å². The highest BCUT2D eigenvalue weighted by molar-refractivity contribution is 4.91. The third-order valence-electron chi connectivity index (χ3n) is 6.68. The largest absolute Gasteiger partial charge is 0.381 e. The Hall–Kier alpha value is -0.240. The minimum atomic E-state index is 0.437. The standard InChI is InChI=1S/C23H45N3O3/c1-4-11-28-21-16-26(17-21)10-6-5-7-13-29-23-18-25(3)22(23)9-8-12-27-19-20-14-24(2)15-20/h20-23H,4-19H2,1-3H3. The maximum atomic E-state index is 6.18. The number of likely N-dealkylation sites (N-methyl/N-ethyl adjacent to an activating group) is 1. The van der Waals surface area contributed by atoms with Crippen molar-refractivity contribution in [3.63, 3.8) is 0 Å². The number of hydrogen-bond acceptors (Lipinski definition) is 6. The third-order valence-corrected chi connectivity index (χ3v) is 6.68. The van der Waals surface area contributed by atoms with Crippen LogP contribution in [0.4, 0.5) is 0 Å². The molecule has 0 aromatic carbocycles. The van der Waals surface area contributed by atoms with Crippen molar-refractivity contribution in [1.29, 1.82) is 0 Å². The second-order valence-electron chi connectivity index (χ2n) is 9.53. The van der Waals surface area contributed by atoms with E-state index in [2.05, 4.69) is 35.7 Å². The summed E-state index contributed by atoms with van der Waals surface area (Å²) < 4.78 is 17.8. The summed E-state index contributed by atoms with van der Waals surface area (Å²) in [7, 11) is 4.40. The van der Waals surface area contributed by atoms with E-state index in [4.69, 9.17) is 14.2 Å². The quantitative estimate of drug-likeness (QED) is 0.363. The molecule has 6 nitrogen and oxygen atoms in total. The molecule has 6 heteroatoms. The highest BCUT2D eigenvalue weighted by atomic mass is 16.5. The normalized spacial score (nSPS) is 27.0. The van der Waals surface area contributed by atoms with E-state index >= 15 is 0 Å². The molecule has 3 aliphatic heterocycles. The van der Waals surface area contributed by atoms with Gasteiger partial charge in [0, 0.05) is 64.5 Å². The van der Waals surface area contributed by atoms with Gasteiger partial charge in [0.1, 0.15) is 0 Å². The minimum absolute atomic E-state index is 0.437. The van der Waals surface area contributed by atoms with E-state index in [1.54, 1.807) is 0 Å². The Kier molecular flexibility index (Phi) is 10.2. The Balaban J connectivity index is 1.11. The van der Waals surface area contributed by atoms with Crippen LogP contribution in [0.5, 0.6) is 0 Å². The van der Waals surface area contributed by atoms with E-state index in [1.165, 1.54) is 45.3 Å². The molecule has 3 heterocycles. The van der Waals surface area contributed by atoms with Gasteiger partial charge < -0.3 is 19.1 Å². The van der Waals surface area contributed by atoms with Gasteiger partial charge in [-0.05, 0) is 59.2 Å². The summed E-state index contributed by atoms with van der Waals surface area (Å²) >= 11 is 0. The first kappa shape index (κ1) is 23.4. The van der Waals surface area contributed by atoms with Crippen LogP contribution in [-0.4, -0.2) is 113 Å². The molecule has 3 saturated heterocycles.